The fourth-order valence-electron chi connectivity index (χ4n) is 2.43. The fraction of sp³-hybridized carbons (Fsp3) is 0.875. The summed E-state index contributed by atoms with van der Waals surface area (Å²) in [5.74, 6) is 0. The second-order valence-corrected chi connectivity index (χ2v) is 13.0. The first-order valence-electron chi connectivity index (χ1n) is 7.85. The van der Waals surface area contributed by atoms with E-state index in [-0.39, 0.29) is 23.0 Å². The lowest BCUT2D eigenvalue weighted by atomic mass is 9.89. The summed E-state index contributed by atoms with van der Waals surface area (Å²) in [6.07, 6.45) is 0.333. The molecule has 0 N–H and O–H groups in total. The molecule has 0 aromatic carbocycles. The quantitative estimate of drug-likeness (QED) is 0.733. The van der Waals surface area contributed by atoms with Crippen molar-refractivity contribution >= 4 is 19.1 Å². The van der Waals surface area contributed by atoms with Gasteiger partial charge >= 0.3 is 0 Å². The van der Waals surface area contributed by atoms with Crippen LogP contribution < -0.4 is 0 Å². The van der Waals surface area contributed by atoms with E-state index in [0.29, 0.717) is 0 Å². The molecule has 2 rings (SSSR count). The number of aliphatic imine (C=N–C) groups is 2. The molecule has 2 aliphatic rings. The Balaban J connectivity index is 2.07. The lowest BCUT2D eigenvalue weighted by Gasteiger charge is -2.30. The summed E-state index contributed by atoms with van der Waals surface area (Å²) in [5.41, 5.74) is 2.02. The van der Waals surface area contributed by atoms with E-state index in [0.717, 1.165) is 24.1 Å². The number of nitrogens with zero attached hydrogens (tertiary/aromatic N) is 2. The van der Waals surface area contributed by atoms with Crippen LogP contribution in [0.2, 0.25) is 13.1 Å². The van der Waals surface area contributed by atoms with Crippen LogP contribution in [-0.2, 0) is 9.47 Å². The van der Waals surface area contributed by atoms with Crippen LogP contribution in [0.5, 0.6) is 0 Å². The van der Waals surface area contributed by atoms with E-state index in [1.54, 1.807) is 0 Å². The van der Waals surface area contributed by atoms with Gasteiger partial charge in [0.15, 0.2) is 11.0 Å². The molecule has 2 unspecified atom stereocenters. The Hall–Kier alpha value is -0.843. The molecule has 0 radical (unpaired) electrons. The molecule has 2 atom stereocenters. The Morgan fingerprint density at radius 3 is 1.38 bits per heavy atom. The zero-order valence-electron chi connectivity index (χ0n) is 14.8. The van der Waals surface area contributed by atoms with Crippen LogP contribution in [0.4, 0.5) is 0 Å². The molecule has 4 nitrogen and oxygen atoms in total. The van der Waals surface area contributed by atoms with Gasteiger partial charge in [0.2, 0.25) is 8.07 Å². The Morgan fingerprint density at radius 1 is 0.810 bits per heavy atom. The molecular weight excluding hydrogens is 280 g/mol. The maximum Gasteiger partial charge on any atom is 0.247 e. The molecule has 0 saturated heterocycles. The number of hydrogen-bond acceptors (Lipinski definition) is 4. The van der Waals surface area contributed by atoms with E-state index < -0.39 is 8.07 Å². The molecule has 0 aliphatic carbocycles. The van der Waals surface area contributed by atoms with Gasteiger partial charge in [-0.3, -0.25) is 9.98 Å². The highest BCUT2D eigenvalue weighted by atomic mass is 28.3. The highest BCUT2D eigenvalue weighted by Crippen LogP contribution is 2.32. The van der Waals surface area contributed by atoms with Gasteiger partial charge in [-0.05, 0) is 0 Å². The Labute approximate surface area is 130 Å². The van der Waals surface area contributed by atoms with E-state index in [4.69, 9.17) is 9.47 Å². The topological polar surface area (TPSA) is 43.2 Å². The molecular formula is C16H30N2O2Si. The molecule has 0 bridgehead atoms. The normalized spacial score (nSPS) is 27.0. The van der Waals surface area contributed by atoms with E-state index >= 15 is 0 Å². The highest BCUT2D eigenvalue weighted by molar-refractivity contribution is 7.23. The van der Waals surface area contributed by atoms with Gasteiger partial charge in [0, 0.05) is 10.8 Å². The van der Waals surface area contributed by atoms with Crippen molar-refractivity contribution in [1.29, 1.82) is 0 Å². The van der Waals surface area contributed by atoms with Crippen molar-refractivity contribution in [2.75, 3.05) is 13.1 Å². The van der Waals surface area contributed by atoms with Gasteiger partial charge in [-0.15, -0.1) is 0 Å². The molecule has 2 aliphatic heterocycles. The van der Waals surface area contributed by atoms with E-state index in [2.05, 4.69) is 64.6 Å². The minimum atomic E-state index is -2.02. The van der Waals surface area contributed by atoms with Crippen molar-refractivity contribution in [3.05, 3.63) is 0 Å². The largest absolute Gasteiger partial charge is 0.479 e. The summed E-state index contributed by atoms with van der Waals surface area (Å²) >= 11 is 0. The SMILES string of the molecule is CC(C)(C)C1CN=C([Si](C)(C)C2=NCC(C(C)(C)C)O2)O1. The van der Waals surface area contributed by atoms with Gasteiger partial charge in [0.25, 0.3) is 0 Å². The van der Waals surface area contributed by atoms with Gasteiger partial charge < -0.3 is 9.47 Å². The minimum Gasteiger partial charge on any atom is -0.479 e. The monoisotopic (exact) mass is 310 g/mol. The van der Waals surface area contributed by atoms with Crippen LogP contribution >= 0.6 is 0 Å². The zero-order valence-corrected chi connectivity index (χ0v) is 15.8. The summed E-state index contributed by atoms with van der Waals surface area (Å²) in [4.78, 5) is 9.36. The van der Waals surface area contributed by atoms with Crippen LogP contribution in [0, 0.1) is 10.8 Å². The predicted molar refractivity (Wildman–Crippen MR) is 90.7 cm³/mol. The Morgan fingerprint density at radius 2 is 1.14 bits per heavy atom. The van der Waals surface area contributed by atoms with Gasteiger partial charge in [0.05, 0.1) is 13.1 Å². The number of ether oxygens (including phenoxy) is 2. The highest BCUT2D eigenvalue weighted by Gasteiger charge is 2.47. The van der Waals surface area contributed by atoms with E-state index in [9.17, 15) is 0 Å². The van der Waals surface area contributed by atoms with Crippen molar-refractivity contribution in [3.63, 3.8) is 0 Å². The number of rotatable bonds is 2. The second-order valence-electron chi connectivity index (χ2n) is 8.86. The first-order valence-corrected chi connectivity index (χ1v) is 10.9. The maximum atomic E-state index is 6.17. The predicted octanol–water partition coefficient (Wildman–Crippen LogP) is 3.46. The summed E-state index contributed by atoms with van der Waals surface area (Å²) < 4.78 is 12.3. The average molecular weight is 311 g/mol. The molecule has 120 valence electrons. The van der Waals surface area contributed by atoms with Crippen molar-refractivity contribution in [1.82, 2.24) is 0 Å². The maximum absolute atomic E-state index is 6.17. The zero-order chi connectivity index (χ0) is 16.1. The van der Waals surface area contributed by atoms with Crippen LogP contribution in [0.15, 0.2) is 9.98 Å². The third-order valence-corrected chi connectivity index (χ3v) is 7.00. The lowest BCUT2D eigenvalue weighted by Crippen LogP contribution is -2.49. The van der Waals surface area contributed by atoms with Crippen molar-refractivity contribution < 1.29 is 9.47 Å². The smallest absolute Gasteiger partial charge is 0.247 e. The molecule has 5 heteroatoms. The van der Waals surface area contributed by atoms with E-state index in [1.807, 2.05) is 0 Å². The van der Waals surface area contributed by atoms with Crippen LogP contribution in [0.1, 0.15) is 41.5 Å². The Bertz CT molecular complexity index is 428. The second kappa shape index (κ2) is 5.11. The molecule has 2 heterocycles. The molecule has 0 spiro atoms. The van der Waals surface area contributed by atoms with Gasteiger partial charge in [-0.1, -0.05) is 54.6 Å². The van der Waals surface area contributed by atoms with E-state index in [1.165, 1.54) is 0 Å². The average Bonchev–Trinajstić information content (AvgIpc) is 2.97. The standard InChI is InChI=1S/C16H30N2O2Si/c1-15(2,3)11-9-17-13(19-11)21(7,8)14-18-10-12(20-14)16(4,5)6/h11-12H,9-10H2,1-8H3. The van der Waals surface area contributed by atoms with Gasteiger partial charge in [0.1, 0.15) is 12.2 Å². The van der Waals surface area contributed by atoms with Gasteiger partial charge in [-0.25, -0.2) is 0 Å². The lowest BCUT2D eigenvalue weighted by molar-refractivity contribution is 0.102. The Kier molecular flexibility index (Phi) is 4.02. The molecule has 21 heavy (non-hydrogen) atoms. The minimum absolute atomic E-state index is 0.113. The first-order chi connectivity index (χ1) is 9.42. The molecule has 0 aromatic heterocycles. The van der Waals surface area contributed by atoms with Crippen LogP contribution in [0.3, 0.4) is 0 Å². The molecule has 0 aromatic rings. The van der Waals surface area contributed by atoms with Crippen molar-refractivity contribution in [3.8, 4) is 0 Å². The third kappa shape index (κ3) is 3.33. The first kappa shape index (κ1) is 16.5. The fourth-order valence-corrected chi connectivity index (χ4v) is 4.46. The molecule has 0 saturated carbocycles. The molecule has 0 fully saturated rings. The van der Waals surface area contributed by atoms with Crippen LogP contribution in [-0.4, -0.2) is 44.4 Å². The van der Waals surface area contributed by atoms with Gasteiger partial charge in [-0.2, -0.15) is 0 Å². The summed E-state index contributed by atoms with van der Waals surface area (Å²) in [6.45, 7) is 19.1. The third-order valence-electron chi connectivity index (χ3n) is 4.31. The summed E-state index contributed by atoms with van der Waals surface area (Å²) in [5, 5.41) is 0. The van der Waals surface area contributed by atoms with Crippen LogP contribution in [0.25, 0.3) is 0 Å². The molecule has 0 amide bonds. The van der Waals surface area contributed by atoms with Crippen molar-refractivity contribution in [2.45, 2.75) is 66.8 Å². The summed E-state index contributed by atoms with van der Waals surface area (Å²) in [7, 11) is -2.02. The number of hydrogen-bond donors (Lipinski definition) is 0. The summed E-state index contributed by atoms with van der Waals surface area (Å²) in [6, 6.07) is 0. The van der Waals surface area contributed by atoms with Crippen molar-refractivity contribution in [2.24, 2.45) is 20.8 Å².